The van der Waals surface area contributed by atoms with Crippen LogP contribution in [-0.2, 0) is 11.0 Å². The lowest BCUT2D eigenvalue weighted by atomic mass is 9.63. The van der Waals surface area contributed by atoms with E-state index in [0.717, 1.165) is 12.3 Å². The van der Waals surface area contributed by atoms with Crippen LogP contribution in [0.3, 0.4) is 0 Å². The summed E-state index contributed by atoms with van der Waals surface area (Å²) >= 11 is 5.99. The van der Waals surface area contributed by atoms with Crippen LogP contribution >= 0.6 is 11.6 Å². The molecule has 2 heterocycles. The second kappa shape index (κ2) is 2.80. The van der Waals surface area contributed by atoms with E-state index in [1.807, 2.05) is 6.07 Å². The average molecular weight is 226 g/mol. The molecule has 0 radical (unpaired) electrons. The first-order valence-corrected chi connectivity index (χ1v) is 5.97. The Bertz CT molecular complexity index is 404. The van der Waals surface area contributed by atoms with Crippen LogP contribution in [0, 0.1) is 0 Å². The van der Waals surface area contributed by atoms with Crippen LogP contribution < -0.4 is 5.32 Å². The van der Waals surface area contributed by atoms with Crippen LogP contribution in [0.25, 0.3) is 0 Å². The molecule has 0 aromatic carbocycles. The molecule has 2 aliphatic rings. The number of hydrogen-bond acceptors (Lipinski definition) is 2. The molecule has 1 aliphatic carbocycles. The highest BCUT2D eigenvalue weighted by Gasteiger charge is 2.49. The van der Waals surface area contributed by atoms with Gasteiger partial charge in [-0.25, -0.2) is 0 Å². The van der Waals surface area contributed by atoms with Crippen LogP contribution in [0.2, 0.25) is 5.22 Å². The predicted molar refractivity (Wildman–Crippen MR) is 60.3 cm³/mol. The number of rotatable bonds is 0. The van der Waals surface area contributed by atoms with Gasteiger partial charge in [0.25, 0.3) is 0 Å². The molecule has 1 spiro atoms. The Kier molecular flexibility index (Phi) is 1.82. The van der Waals surface area contributed by atoms with E-state index in [4.69, 9.17) is 16.0 Å². The summed E-state index contributed by atoms with van der Waals surface area (Å²) in [5, 5.41) is 4.13. The molecule has 1 saturated carbocycles. The third-order valence-electron chi connectivity index (χ3n) is 4.04. The van der Waals surface area contributed by atoms with Crippen molar-refractivity contribution in [3.8, 4) is 0 Å². The normalized spacial score (nSPS) is 26.1. The van der Waals surface area contributed by atoms with Crippen LogP contribution in [0.15, 0.2) is 10.5 Å². The molecule has 1 N–H and O–H groups in total. The summed E-state index contributed by atoms with van der Waals surface area (Å²) in [6, 6.07) is 1.98. The van der Waals surface area contributed by atoms with Crippen molar-refractivity contribution in [1.29, 1.82) is 0 Å². The molecule has 15 heavy (non-hydrogen) atoms. The largest absolute Gasteiger partial charge is 0.449 e. The topological polar surface area (TPSA) is 25.2 Å². The number of furan rings is 1. The van der Waals surface area contributed by atoms with Crippen molar-refractivity contribution in [2.75, 3.05) is 6.54 Å². The summed E-state index contributed by atoms with van der Waals surface area (Å²) in [5.41, 5.74) is 1.49. The van der Waals surface area contributed by atoms with Gasteiger partial charge >= 0.3 is 0 Å². The van der Waals surface area contributed by atoms with Gasteiger partial charge in [-0.15, -0.1) is 0 Å². The molecule has 0 saturated heterocycles. The van der Waals surface area contributed by atoms with Crippen LogP contribution in [0.1, 0.15) is 44.4 Å². The maximum Gasteiger partial charge on any atom is 0.193 e. The fourth-order valence-electron chi connectivity index (χ4n) is 2.79. The summed E-state index contributed by atoms with van der Waals surface area (Å²) in [6.45, 7) is 5.39. The average Bonchev–Trinajstić information content (AvgIpc) is 2.46. The van der Waals surface area contributed by atoms with Crippen molar-refractivity contribution >= 4 is 11.6 Å². The van der Waals surface area contributed by atoms with Crippen molar-refractivity contribution in [3.05, 3.63) is 22.6 Å². The second-order valence-electron chi connectivity index (χ2n) is 5.41. The van der Waals surface area contributed by atoms with Crippen molar-refractivity contribution in [1.82, 2.24) is 5.32 Å². The van der Waals surface area contributed by atoms with E-state index >= 15 is 0 Å². The number of fused-ring (bicyclic) bond motifs is 2. The number of nitrogens with one attached hydrogen (secondary N) is 1. The minimum Gasteiger partial charge on any atom is -0.449 e. The zero-order valence-electron chi connectivity index (χ0n) is 9.19. The predicted octanol–water partition coefficient (Wildman–Crippen LogP) is 3.19. The summed E-state index contributed by atoms with van der Waals surface area (Å²) in [6.07, 6.45) is 3.76. The molecule has 1 aromatic heterocycles. The van der Waals surface area contributed by atoms with Crippen LogP contribution in [0.5, 0.6) is 0 Å². The van der Waals surface area contributed by atoms with Gasteiger partial charge in [-0.1, -0.05) is 6.42 Å². The first-order chi connectivity index (χ1) is 7.04. The van der Waals surface area contributed by atoms with E-state index in [9.17, 15) is 0 Å². The standard InChI is InChI=1S/C12H16ClNO/c1-11(2)8-6-9(13)15-10(8)12(7-14-11)4-3-5-12/h6,14H,3-5,7H2,1-2H3. The SMILES string of the molecule is CC1(C)NCC2(CCC2)c2oc(Cl)cc21. The Labute approximate surface area is 95.0 Å². The van der Waals surface area contributed by atoms with E-state index in [0.29, 0.717) is 5.22 Å². The number of halogens is 1. The molecule has 0 atom stereocenters. The van der Waals surface area contributed by atoms with Crippen LogP contribution in [-0.4, -0.2) is 6.54 Å². The molecule has 2 nitrogen and oxygen atoms in total. The van der Waals surface area contributed by atoms with Gasteiger partial charge < -0.3 is 9.73 Å². The molecule has 0 unspecified atom stereocenters. The van der Waals surface area contributed by atoms with Gasteiger partial charge in [0.15, 0.2) is 5.22 Å². The molecule has 1 fully saturated rings. The van der Waals surface area contributed by atoms with Crippen molar-refractivity contribution in [2.24, 2.45) is 0 Å². The Balaban J connectivity index is 2.15. The highest BCUT2D eigenvalue weighted by atomic mass is 35.5. The molecule has 0 bridgehead atoms. The molecule has 1 aliphatic heterocycles. The van der Waals surface area contributed by atoms with Gasteiger partial charge in [0.2, 0.25) is 0 Å². The second-order valence-corrected chi connectivity index (χ2v) is 5.78. The van der Waals surface area contributed by atoms with Crippen LogP contribution in [0.4, 0.5) is 0 Å². The van der Waals surface area contributed by atoms with Crippen molar-refractivity contribution < 1.29 is 4.42 Å². The van der Waals surface area contributed by atoms with Gasteiger partial charge in [-0.3, -0.25) is 0 Å². The quantitative estimate of drug-likeness (QED) is 0.734. The van der Waals surface area contributed by atoms with Crippen molar-refractivity contribution in [3.63, 3.8) is 0 Å². The monoisotopic (exact) mass is 225 g/mol. The van der Waals surface area contributed by atoms with E-state index in [1.165, 1.54) is 24.8 Å². The van der Waals surface area contributed by atoms with Gasteiger partial charge in [0.1, 0.15) is 5.76 Å². The Morgan fingerprint density at radius 2 is 2.13 bits per heavy atom. The first kappa shape index (κ1) is 9.73. The lowest BCUT2D eigenvalue weighted by Crippen LogP contribution is -2.54. The molecule has 0 amide bonds. The maximum atomic E-state index is 5.99. The van der Waals surface area contributed by atoms with E-state index in [2.05, 4.69) is 19.2 Å². The van der Waals surface area contributed by atoms with Gasteiger partial charge in [0.05, 0.1) is 0 Å². The molecule has 3 heteroatoms. The molecular formula is C12H16ClNO. The Hall–Kier alpha value is -0.470. The first-order valence-electron chi connectivity index (χ1n) is 5.59. The highest BCUT2D eigenvalue weighted by molar-refractivity contribution is 6.29. The van der Waals surface area contributed by atoms with E-state index in [-0.39, 0.29) is 11.0 Å². The number of hydrogen-bond donors (Lipinski definition) is 1. The molecular weight excluding hydrogens is 210 g/mol. The third-order valence-corrected chi connectivity index (χ3v) is 4.22. The highest BCUT2D eigenvalue weighted by Crippen LogP contribution is 2.50. The fraction of sp³-hybridized carbons (Fsp3) is 0.667. The molecule has 1 aromatic rings. The molecule has 3 rings (SSSR count). The maximum absolute atomic E-state index is 5.99. The third kappa shape index (κ3) is 1.21. The zero-order valence-corrected chi connectivity index (χ0v) is 9.95. The molecule has 82 valence electrons. The minimum absolute atomic E-state index is 0.00713. The van der Waals surface area contributed by atoms with Gasteiger partial charge in [-0.05, 0) is 38.3 Å². The summed E-state index contributed by atoms with van der Waals surface area (Å²) in [7, 11) is 0. The zero-order chi connectivity index (χ0) is 10.7. The Morgan fingerprint density at radius 3 is 2.73 bits per heavy atom. The summed E-state index contributed by atoms with van der Waals surface area (Å²) in [4.78, 5) is 0. The summed E-state index contributed by atoms with van der Waals surface area (Å²) in [5.74, 6) is 1.14. The van der Waals surface area contributed by atoms with E-state index < -0.39 is 0 Å². The lowest BCUT2D eigenvalue weighted by molar-refractivity contribution is 0.148. The van der Waals surface area contributed by atoms with Crippen molar-refractivity contribution in [2.45, 2.75) is 44.1 Å². The van der Waals surface area contributed by atoms with Gasteiger partial charge in [0, 0.05) is 29.1 Å². The minimum atomic E-state index is -0.00713. The fourth-order valence-corrected chi connectivity index (χ4v) is 2.98. The van der Waals surface area contributed by atoms with E-state index in [1.54, 1.807) is 0 Å². The summed E-state index contributed by atoms with van der Waals surface area (Å²) < 4.78 is 5.72. The Morgan fingerprint density at radius 1 is 1.40 bits per heavy atom. The van der Waals surface area contributed by atoms with Gasteiger partial charge in [-0.2, -0.15) is 0 Å². The smallest absolute Gasteiger partial charge is 0.193 e. The lowest BCUT2D eigenvalue weighted by Gasteiger charge is -2.48.